The van der Waals surface area contributed by atoms with Crippen LogP contribution in [0, 0.1) is 11.8 Å². The maximum absolute atomic E-state index is 4.94. The quantitative estimate of drug-likeness (QED) is 0.802. The summed E-state index contributed by atoms with van der Waals surface area (Å²) in [6.07, 6.45) is 6.62. The van der Waals surface area contributed by atoms with E-state index in [4.69, 9.17) is 9.97 Å². The second-order valence-electron chi connectivity index (χ2n) is 6.99. The molecule has 1 N–H and O–H groups in total. The highest BCUT2D eigenvalue weighted by Crippen LogP contribution is 2.52. The number of hydrogen-bond acceptors (Lipinski definition) is 3. The number of anilines is 1. The summed E-state index contributed by atoms with van der Waals surface area (Å²) in [4.78, 5) is 9.83. The van der Waals surface area contributed by atoms with Crippen LogP contribution in [-0.2, 0) is 0 Å². The van der Waals surface area contributed by atoms with Crippen molar-refractivity contribution in [2.45, 2.75) is 64.7 Å². The van der Waals surface area contributed by atoms with Crippen LogP contribution in [0.5, 0.6) is 0 Å². The van der Waals surface area contributed by atoms with Crippen LogP contribution in [0.2, 0.25) is 0 Å². The molecule has 1 heterocycles. The molecule has 2 saturated carbocycles. The van der Waals surface area contributed by atoms with E-state index in [9.17, 15) is 0 Å². The molecule has 2 aliphatic carbocycles. The van der Waals surface area contributed by atoms with Crippen molar-refractivity contribution in [1.82, 2.24) is 9.97 Å². The van der Waals surface area contributed by atoms with E-state index < -0.39 is 0 Å². The second-order valence-corrected chi connectivity index (χ2v) is 7.79. The maximum atomic E-state index is 4.94. The number of hydrogen-bond donors (Lipinski definition) is 1. The number of aromatic nitrogens is 2. The van der Waals surface area contributed by atoms with Crippen molar-refractivity contribution in [2.75, 3.05) is 11.9 Å². The normalized spacial score (nSPS) is 27.6. The lowest BCUT2D eigenvalue weighted by Gasteiger charge is -2.23. The van der Waals surface area contributed by atoms with Gasteiger partial charge < -0.3 is 5.32 Å². The molecule has 1 aromatic rings. The Morgan fingerprint density at radius 2 is 2.05 bits per heavy atom. The number of rotatable bonds is 5. The van der Waals surface area contributed by atoms with Gasteiger partial charge in [-0.15, -0.1) is 0 Å². The van der Waals surface area contributed by atoms with Crippen LogP contribution in [0.25, 0.3) is 0 Å². The van der Waals surface area contributed by atoms with E-state index in [2.05, 4.69) is 42.0 Å². The molecule has 3 rings (SSSR count). The molecule has 2 fully saturated rings. The molecule has 0 amide bonds. The first-order valence-corrected chi connectivity index (χ1v) is 9.20. The number of halogens is 1. The van der Waals surface area contributed by atoms with E-state index in [0.717, 1.165) is 46.6 Å². The van der Waals surface area contributed by atoms with Gasteiger partial charge in [-0.1, -0.05) is 27.2 Å². The third-order valence-electron chi connectivity index (χ3n) is 5.05. The Balaban J connectivity index is 1.94. The van der Waals surface area contributed by atoms with Crippen molar-refractivity contribution in [3.63, 3.8) is 0 Å². The van der Waals surface area contributed by atoms with Gasteiger partial charge >= 0.3 is 0 Å². The molecule has 3 nitrogen and oxygen atoms in total. The van der Waals surface area contributed by atoms with Crippen LogP contribution in [0.4, 0.5) is 5.82 Å². The average Bonchev–Trinajstić information content (AvgIpc) is 3.08. The maximum Gasteiger partial charge on any atom is 0.144 e. The minimum atomic E-state index is 0.418. The van der Waals surface area contributed by atoms with Gasteiger partial charge in [-0.3, -0.25) is 0 Å². The molecule has 0 radical (unpaired) electrons. The Kier molecular flexibility index (Phi) is 4.53. The minimum Gasteiger partial charge on any atom is -0.369 e. The fourth-order valence-electron chi connectivity index (χ4n) is 3.95. The molecule has 116 valence electrons. The zero-order valence-electron chi connectivity index (χ0n) is 13.3. The van der Waals surface area contributed by atoms with Crippen LogP contribution in [0.15, 0.2) is 4.47 Å². The third-order valence-corrected chi connectivity index (χ3v) is 5.84. The van der Waals surface area contributed by atoms with Gasteiger partial charge in [0.05, 0.1) is 10.2 Å². The molecule has 4 heteroatoms. The molecule has 3 atom stereocenters. The van der Waals surface area contributed by atoms with Crippen LogP contribution >= 0.6 is 15.9 Å². The smallest absolute Gasteiger partial charge is 0.144 e. The Morgan fingerprint density at radius 3 is 2.62 bits per heavy atom. The van der Waals surface area contributed by atoms with Crippen LogP contribution in [0.3, 0.4) is 0 Å². The standard InChI is InChI=1S/C17H26BrN3/c1-4-7-19-17-14(18)15(10(2)3)20-16(21-17)13-9-11-5-6-12(13)8-11/h10-13H,4-9H2,1-3H3,(H,19,20,21). The second kappa shape index (κ2) is 6.23. The van der Waals surface area contributed by atoms with E-state index in [1.807, 2.05) is 0 Å². The summed E-state index contributed by atoms with van der Waals surface area (Å²) in [6, 6.07) is 0. The SMILES string of the molecule is CCCNc1nc(C2CC3CCC2C3)nc(C(C)C)c1Br. The van der Waals surface area contributed by atoms with Gasteiger partial charge in [0, 0.05) is 12.5 Å². The fourth-order valence-corrected chi connectivity index (χ4v) is 4.73. The molecule has 2 bridgehead atoms. The van der Waals surface area contributed by atoms with Crippen molar-refractivity contribution in [3.05, 3.63) is 16.0 Å². The summed E-state index contributed by atoms with van der Waals surface area (Å²) in [5.74, 6) is 4.86. The lowest BCUT2D eigenvalue weighted by Crippen LogP contribution is -2.16. The molecular weight excluding hydrogens is 326 g/mol. The number of nitrogens with zero attached hydrogens (tertiary/aromatic N) is 2. The highest BCUT2D eigenvalue weighted by molar-refractivity contribution is 9.10. The van der Waals surface area contributed by atoms with Crippen molar-refractivity contribution in [2.24, 2.45) is 11.8 Å². The first kappa shape index (κ1) is 15.3. The van der Waals surface area contributed by atoms with E-state index in [1.165, 1.54) is 25.7 Å². The Bertz CT molecular complexity index is 515. The summed E-state index contributed by atoms with van der Waals surface area (Å²) in [7, 11) is 0. The summed E-state index contributed by atoms with van der Waals surface area (Å²) in [5, 5.41) is 3.47. The van der Waals surface area contributed by atoms with Crippen molar-refractivity contribution < 1.29 is 0 Å². The monoisotopic (exact) mass is 351 g/mol. The van der Waals surface area contributed by atoms with Crippen LogP contribution in [0.1, 0.15) is 76.2 Å². The van der Waals surface area contributed by atoms with Gasteiger partial charge in [0.15, 0.2) is 0 Å². The Labute approximate surface area is 136 Å². The van der Waals surface area contributed by atoms with E-state index in [0.29, 0.717) is 11.8 Å². The summed E-state index contributed by atoms with van der Waals surface area (Å²) in [5.41, 5.74) is 1.15. The molecule has 0 aromatic carbocycles. The lowest BCUT2D eigenvalue weighted by molar-refractivity contribution is 0.404. The minimum absolute atomic E-state index is 0.418. The summed E-state index contributed by atoms with van der Waals surface area (Å²) < 4.78 is 1.05. The van der Waals surface area contributed by atoms with Crippen molar-refractivity contribution in [1.29, 1.82) is 0 Å². The van der Waals surface area contributed by atoms with Gasteiger partial charge in [0.1, 0.15) is 11.6 Å². The highest BCUT2D eigenvalue weighted by Gasteiger charge is 2.42. The zero-order valence-corrected chi connectivity index (χ0v) is 14.9. The first-order chi connectivity index (χ1) is 10.1. The molecule has 2 aliphatic rings. The van der Waals surface area contributed by atoms with E-state index in [1.54, 1.807) is 0 Å². The first-order valence-electron chi connectivity index (χ1n) is 8.41. The molecule has 0 aliphatic heterocycles. The fraction of sp³-hybridized carbons (Fsp3) is 0.765. The largest absolute Gasteiger partial charge is 0.369 e. The predicted octanol–water partition coefficient (Wildman–Crippen LogP) is 5.09. The van der Waals surface area contributed by atoms with Crippen LogP contribution in [-0.4, -0.2) is 16.5 Å². The van der Waals surface area contributed by atoms with Crippen LogP contribution < -0.4 is 5.32 Å². The van der Waals surface area contributed by atoms with Crippen molar-refractivity contribution >= 4 is 21.7 Å². The van der Waals surface area contributed by atoms with Crippen molar-refractivity contribution in [3.8, 4) is 0 Å². The summed E-state index contributed by atoms with van der Waals surface area (Å²) >= 11 is 3.71. The van der Waals surface area contributed by atoms with E-state index in [-0.39, 0.29) is 0 Å². The van der Waals surface area contributed by atoms with E-state index >= 15 is 0 Å². The summed E-state index contributed by atoms with van der Waals surface area (Å²) in [6.45, 7) is 7.56. The molecule has 3 unspecified atom stereocenters. The van der Waals surface area contributed by atoms with Gasteiger partial charge in [-0.2, -0.15) is 0 Å². The van der Waals surface area contributed by atoms with Gasteiger partial charge in [-0.25, -0.2) is 9.97 Å². The third kappa shape index (κ3) is 2.96. The Morgan fingerprint density at radius 1 is 1.24 bits per heavy atom. The molecule has 0 spiro atoms. The van der Waals surface area contributed by atoms with Gasteiger partial charge in [0.25, 0.3) is 0 Å². The van der Waals surface area contributed by atoms with Gasteiger partial charge in [-0.05, 0) is 59.4 Å². The highest BCUT2D eigenvalue weighted by atomic mass is 79.9. The zero-order chi connectivity index (χ0) is 15.0. The van der Waals surface area contributed by atoms with Gasteiger partial charge in [0.2, 0.25) is 0 Å². The molecular formula is C17H26BrN3. The number of fused-ring (bicyclic) bond motifs is 2. The number of nitrogens with one attached hydrogen (secondary N) is 1. The lowest BCUT2D eigenvalue weighted by atomic mass is 9.88. The average molecular weight is 352 g/mol. The molecule has 21 heavy (non-hydrogen) atoms. The topological polar surface area (TPSA) is 37.8 Å². The molecule has 1 aromatic heterocycles. The molecule has 0 saturated heterocycles. The predicted molar refractivity (Wildman–Crippen MR) is 90.8 cm³/mol. The Hall–Kier alpha value is -0.640.